The molecule has 1 heterocycles. The zero-order valence-electron chi connectivity index (χ0n) is 18.7. The molecule has 3 N–H and O–H groups in total. The van der Waals surface area contributed by atoms with Gasteiger partial charge in [-0.2, -0.15) is 0 Å². The van der Waals surface area contributed by atoms with Crippen LogP contribution < -0.4 is 5.32 Å². The van der Waals surface area contributed by atoms with E-state index in [9.17, 15) is 19.4 Å². The number of methoxy groups -OCH3 is 1. The third-order valence-corrected chi connectivity index (χ3v) is 6.67. The Morgan fingerprint density at radius 1 is 1.22 bits per heavy atom. The molecule has 2 aromatic carbocycles. The van der Waals surface area contributed by atoms with Crippen LogP contribution in [0.25, 0.3) is 11.1 Å². The second-order valence-electron chi connectivity index (χ2n) is 8.41. The van der Waals surface area contributed by atoms with Crippen molar-refractivity contribution in [2.75, 3.05) is 13.7 Å². The van der Waals surface area contributed by atoms with Gasteiger partial charge in [-0.3, -0.25) is 4.79 Å². The molecule has 2 aromatic rings. The van der Waals surface area contributed by atoms with Gasteiger partial charge < -0.3 is 25.0 Å². The largest absolute Gasteiger partial charge is 0.387 e. The number of ether oxygens (including phenoxy) is 2. The summed E-state index contributed by atoms with van der Waals surface area (Å²) in [5.41, 5.74) is 1.000. The Balaban J connectivity index is 1.89. The van der Waals surface area contributed by atoms with E-state index in [0.29, 0.717) is 13.0 Å². The Hall–Kier alpha value is -1.97. The summed E-state index contributed by atoms with van der Waals surface area (Å²) in [5, 5.41) is 23.9. The summed E-state index contributed by atoms with van der Waals surface area (Å²) < 4.78 is 25.3. The average Bonchev–Trinajstić information content (AvgIpc) is 2.72. The lowest BCUT2D eigenvalue weighted by molar-refractivity contribution is -0.240. The molecule has 0 aromatic heterocycles. The van der Waals surface area contributed by atoms with Crippen LogP contribution >= 0.6 is 11.8 Å². The van der Waals surface area contributed by atoms with E-state index >= 15 is 0 Å². The minimum atomic E-state index is -1.14. The number of benzene rings is 2. The first-order valence-electron chi connectivity index (χ1n) is 10.5. The third kappa shape index (κ3) is 5.68. The molecule has 0 spiro atoms. The predicted octanol–water partition coefficient (Wildman–Crippen LogP) is 3.14. The summed E-state index contributed by atoms with van der Waals surface area (Å²) in [6, 6.07) is 12.1. The van der Waals surface area contributed by atoms with Crippen molar-refractivity contribution in [3.05, 3.63) is 53.8 Å². The Labute approximate surface area is 192 Å². The molecule has 3 rings (SSSR count). The van der Waals surface area contributed by atoms with Crippen LogP contribution in [0.3, 0.4) is 0 Å². The van der Waals surface area contributed by atoms with Gasteiger partial charge in [0, 0.05) is 25.5 Å². The zero-order valence-corrected chi connectivity index (χ0v) is 19.5. The molecular formula is C24H30FNO5S. The fourth-order valence-electron chi connectivity index (χ4n) is 3.98. The highest BCUT2D eigenvalue weighted by Gasteiger charge is 2.49. The highest BCUT2D eigenvalue weighted by atomic mass is 32.2. The normalized spacial score (nSPS) is 24.8. The predicted molar refractivity (Wildman–Crippen MR) is 122 cm³/mol. The second kappa shape index (κ2) is 10.3. The number of rotatable bonds is 7. The van der Waals surface area contributed by atoms with Gasteiger partial charge in [0.05, 0.1) is 5.60 Å². The number of amides is 1. The first kappa shape index (κ1) is 24.7. The van der Waals surface area contributed by atoms with Crippen molar-refractivity contribution in [1.82, 2.24) is 5.32 Å². The summed E-state index contributed by atoms with van der Waals surface area (Å²) in [7, 11) is 1.48. The smallest absolute Gasteiger partial charge is 0.216 e. The number of carbonyl (C=O) groups excluding carboxylic acids is 1. The number of nitrogens with one attached hydrogen (secondary N) is 1. The van der Waals surface area contributed by atoms with Crippen molar-refractivity contribution in [2.45, 2.75) is 61.4 Å². The molecule has 4 unspecified atom stereocenters. The van der Waals surface area contributed by atoms with Crippen molar-refractivity contribution >= 4 is 17.7 Å². The molecule has 0 bridgehead atoms. The molecule has 1 amide bonds. The van der Waals surface area contributed by atoms with E-state index in [1.807, 2.05) is 38.1 Å². The van der Waals surface area contributed by atoms with Crippen molar-refractivity contribution in [2.24, 2.45) is 0 Å². The summed E-state index contributed by atoms with van der Waals surface area (Å²) in [6.45, 7) is 5.56. The molecule has 6 nitrogen and oxygen atoms in total. The maximum absolute atomic E-state index is 13.9. The highest BCUT2D eigenvalue weighted by Crippen LogP contribution is 2.40. The Bertz CT molecular complexity index is 954. The Morgan fingerprint density at radius 2 is 1.97 bits per heavy atom. The van der Waals surface area contributed by atoms with Crippen LogP contribution in [-0.4, -0.2) is 59.1 Å². The minimum Gasteiger partial charge on any atom is -0.387 e. The molecule has 4 atom stereocenters. The first-order chi connectivity index (χ1) is 15.1. The van der Waals surface area contributed by atoms with Crippen LogP contribution in [-0.2, 0) is 20.7 Å². The molecule has 174 valence electrons. The molecule has 1 aliphatic heterocycles. The van der Waals surface area contributed by atoms with Gasteiger partial charge in [-0.25, -0.2) is 4.39 Å². The lowest BCUT2D eigenvalue weighted by Crippen LogP contribution is -2.61. The molecule has 0 saturated carbocycles. The summed E-state index contributed by atoms with van der Waals surface area (Å²) in [6.07, 6.45) is -2.32. The number of aliphatic hydroxyl groups is 2. The molecule has 1 aliphatic rings. The van der Waals surface area contributed by atoms with Crippen LogP contribution in [0, 0.1) is 5.82 Å². The molecule has 8 heteroatoms. The topological polar surface area (TPSA) is 88.0 Å². The number of thioether (sulfide) groups is 1. The van der Waals surface area contributed by atoms with Gasteiger partial charge >= 0.3 is 0 Å². The Kier molecular flexibility index (Phi) is 7.95. The molecule has 0 radical (unpaired) electrons. The monoisotopic (exact) mass is 463 g/mol. The lowest BCUT2D eigenvalue weighted by atomic mass is 9.90. The SMILES string of the molecule is COC1C(O)C(O)C(Sc2ccc(CCNC(C)=O)c(-c3cccc(F)c3)c2)OC1(C)C. The second-order valence-corrected chi connectivity index (χ2v) is 9.58. The molecular weight excluding hydrogens is 433 g/mol. The number of halogens is 1. The standard InChI is InChI=1S/C24H30FNO5S/c1-14(27)26-11-10-15-8-9-18(13-19(15)16-6-5-7-17(25)12-16)32-23-21(29)20(28)22(30-4)24(2,3)31-23/h5-9,12-13,20-23,28-29H,10-11H2,1-4H3,(H,26,27). The zero-order chi connectivity index (χ0) is 23.5. The van der Waals surface area contributed by atoms with Gasteiger partial charge in [-0.1, -0.05) is 30.0 Å². The van der Waals surface area contributed by atoms with Crippen molar-refractivity contribution in [3.8, 4) is 11.1 Å². The summed E-state index contributed by atoms with van der Waals surface area (Å²) in [4.78, 5) is 12.0. The maximum Gasteiger partial charge on any atom is 0.216 e. The summed E-state index contributed by atoms with van der Waals surface area (Å²) in [5.74, 6) is -0.446. The van der Waals surface area contributed by atoms with Crippen LogP contribution in [0.5, 0.6) is 0 Å². The minimum absolute atomic E-state index is 0.108. The quantitative estimate of drug-likeness (QED) is 0.585. The van der Waals surface area contributed by atoms with Gasteiger partial charge in [0.2, 0.25) is 5.91 Å². The van der Waals surface area contributed by atoms with Gasteiger partial charge in [0.1, 0.15) is 29.6 Å². The van der Waals surface area contributed by atoms with Gasteiger partial charge in [-0.05, 0) is 61.2 Å². The number of aliphatic hydroxyl groups excluding tert-OH is 2. The third-order valence-electron chi connectivity index (χ3n) is 5.54. The fourth-order valence-corrected chi connectivity index (χ4v) is 5.18. The first-order valence-corrected chi connectivity index (χ1v) is 11.4. The fraction of sp³-hybridized carbons (Fsp3) is 0.458. The van der Waals surface area contributed by atoms with E-state index < -0.39 is 29.3 Å². The van der Waals surface area contributed by atoms with Crippen LogP contribution in [0.15, 0.2) is 47.4 Å². The van der Waals surface area contributed by atoms with Gasteiger partial charge in [0.25, 0.3) is 0 Å². The van der Waals surface area contributed by atoms with Crippen molar-refractivity contribution < 1.29 is 28.9 Å². The van der Waals surface area contributed by atoms with Crippen LogP contribution in [0.1, 0.15) is 26.3 Å². The number of hydrogen-bond donors (Lipinski definition) is 3. The maximum atomic E-state index is 13.9. The Morgan fingerprint density at radius 3 is 2.62 bits per heavy atom. The lowest BCUT2D eigenvalue weighted by Gasteiger charge is -2.46. The molecule has 0 aliphatic carbocycles. The molecule has 1 fully saturated rings. The number of carbonyl (C=O) groups is 1. The summed E-state index contributed by atoms with van der Waals surface area (Å²) >= 11 is 1.29. The van der Waals surface area contributed by atoms with E-state index in [2.05, 4.69) is 5.32 Å². The van der Waals surface area contributed by atoms with Crippen molar-refractivity contribution in [3.63, 3.8) is 0 Å². The van der Waals surface area contributed by atoms with Crippen LogP contribution in [0.2, 0.25) is 0 Å². The van der Waals surface area contributed by atoms with E-state index in [1.54, 1.807) is 6.07 Å². The van der Waals surface area contributed by atoms with E-state index in [-0.39, 0.29) is 11.7 Å². The van der Waals surface area contributed by atoms with E-state index in [4.69, 9.17) is 9.47 Å². The van der Waals surface area contributed by atoms with E-state index in [0.717, 1.165) is 21.6 Å². The average molecular weight is 464 g/mol. The van der Waals surface area contributed by atoms with Crippen LogP contribution in [0.4, 0.5) is 4.39 Å². The molecule has 32 heavy (non-hydrogen) atoms. The molecule has 1 saturated heterocycles. The van der Waals surface area contributed by atoms with E-state index in [1.165, 1.54) is 37.9 Å². The van der Waals surface area contributed by atoms with Gasteiger partial charge in [-0.15, -0.1) is 0 Å². The van der Waals surface area contributed by atoms with Gasteiger partial charge in [0.15, 0.2) is 0 Å². The highest BCUT2D eigenvalue weighted by molar-refractivity contribution is 7.99. The van der Waals surface area contributed by atoms with Crippen molar-refractivity contribution in [1.29, 1.82) is 0 Å². The number of hydrogen-bond acceptors (Lipinski definition) is 6.